The van der Waals surface area contributed by atoms with Crippen LogP contribution < -0.4 is 15.5 Å². The number of hydrogen-bond donors (Lipinski definition) is 2. The molecule has 2 aliphatic heterocycles. The van der Waals surface area contributed by atoms with Crippen molar-refractivity contribution in [3.63, 3.8) is 0 Å². The van der Waals surface area contributed by atoms with E-state index in [2.05, 4.69) is 40.4 Å². The monoisotopic (exact) mass is 394 g/mol. The minimum Gasteiger partial charge on any atom is -0.490 e. The molecular weight excluding hydrogens is 372 g/mol. The summed E-state index contributed by atoms with van der Waals surface area (Å²) in [6.07, 6.45) is 1.36. The van der Waals surface area contributed by atoms with E-state index in [4.69, 9.17) is 9.47 Å². The maximum atomic E-state index is 6.31. The fourth-order valence-electron chi connectivity index (χ4n) is 3.07. The quantitative estimate of drug-likeness (QED) is 0.733. The number of thioether (sulfide) groups is 1. The molecule has 2 heterocycles. The van der Waals surface area contributed by atoms with Gasteiger partial charge in [-0.2, -0.15) is 10.1 Å². The van der Waals surface area contributed by atoms with Gasteiger partial charge in [-0.3, -0.25) is 5.43 Å². The molecule has 0 aromatic heterocycles. The Morgan fingerprint density at radius 2 is 2.04 bits per heavy atom. The van der Waals surface area contributed by atoms with Gasteiger partial charge in [-0.15, -0.1) is 0 Å². The maximum Gasteiger partial charge on any atom is 0.222 e. The van der Waals surface area contributed by atoms with E-state index in [1.54, 1.807) is 17.8 Å². The van der Waals surface area contributed by atoms with Crippen molar-refractivity contribution in [1.82, 2.24) is 5.43 Å². The first-order valence-electron chi connectivity index (χ1n) is 9.19. The van der Waals surface area contributed by atoms with Crippen molar-refractivity contribution in [2.24, 2.45) is 10.1 Å². The van der Waals surface area contributed by atoms with Crippen LogP contribution in [-0.4, -0.2) is 23.4 Å². The maximum absolute atomic E-state index is 6.31. The number of rotatable bonds is 5. The number of benzene rings is 2. The molecule has 0 spiro atoms. The standard InChI is InChI=1S/C21H22N4O2S/c1-3-13-26-15-11-9-14(10-12-15)19-22-17-8-6-5-7-16(17)18-20(27-19)23-21(25-24-18)28-4-2/h3,5-12,18-19,22,24H,1,4,13H2,2H3. The highest BCUT2D eigenvalue weighted by atomic mass is 32.2. The SMILES string of the molecule is C=CCOc1ccc(C2Nc3ccccc3C3NN=C(SCC)N=C3O2)cc1. The van der Waals surface area contributed by atoms with Gasteiger partial charge in [0.25, 0.3) is 0 Å². The van der Waals surface area contributed by atoms with E-state index in [0.717, 1.165) is 28.3 Å². The van der Waals surface area contributed by atoms with E-state index in [0.29, 0.717) is 17.7 Å². The van der Waals surface area contributed by atoms with Crippen LogP contribution in [0, 0.1) is 0 Å². The molecular formula is C21H22N4O2S. The van der Waals surface area contributed by atoms with Crippen LogP contribution in [0.3, 0.4) is 0 Å². The lowest BCUT2D eigenvalue weighted by atomic mass is 10.1. The van der Waals surface area contributed by atoms with Crippen LogP contribution in [0.15, 0.2) is 71.3 Å². The summed E-state index contributed by atoms with van der Waals surface area (Å²) in [5, 5.41) is 8.56. The van der Waals surface area contributed by atoms with E-state index >= 15 is 0 Å². The van der Waals surface area contributed by atoms with Gasteiger partial charge >= 0.3 is 0 Å². The van der Waals surface area contributed by atoms with E-state index < -0.39 is 0 Å². The van der Waals surface area contributed by atoms with Crippen molar-refractivity contribution in [2.75, 3.05) is 17.7 Å². The molecule has 2 aromatic rings. The second-order valence-electron chi connectivity index (χ2n) is 6.24. The molecule has 2 atom stereocenters. The average Bonchev–Trinajstić information content (AvgIpc) is 2.89. The number of anilines is 1. The number of aliphatic imine (C=N–C) groups is 1. The summed E-state index contributed by atoms with van der Waals surface area (Å²) >= 11 is 1.58. The van der Waals surface area contributed by atoms with E-state index in [9.17, 15) is 0 Å². The third-order valence-electron chi connectivity index (χ3n) is 4.36. The molecule has 0 bridgehead atoms. The van der Waals surface area contributed by atoms with Crippen LogP contribution in [0.25, 0.3) is 0 Å². The molecule has 0 saturated carbocycles. The zero-order chi connectivity index (χ0) is 19.3. The zero-order valence-electron chi connectivity index (χ0n) is 15.6. The number of para-hydroxylation sites is 1. The van der Waals surface area contributed by atoms with Gasteiger partial charge in [0.05, 0.1) is 0 Å². The van der Waals surface area contributed by atoms with Gasteiger partial charge in [0.2, 0.25) is 11.1 Å². The number of nitrogens with one attached hydrogen (secondary N) is 2. The molecule has 6 nitrogen and oxygen atoms in total. The molecule has 0 radical (unpaired) electrons. The molecule has 2 aromatic carbocycles. The first-order chi connectivity index (χ1) is 13.8. The highest BCUT2D eigenvalue weighted by Crippen LogP contribution is 2.35. The van der Waals surface area contributed by atoms with E-state index in [1.165, 1.54) is 0 Å². The van der Waals surface area contributed by atoms with Crippen LogP contribution in [0.4, 0.5) is 5.69 Å². The van der Waals surface area contributed by atoms with Crippen LogP contribution >= 0.6 is 11.8 Å². The van der Waals surface area contributed by atoms with Gasteiger partial charge in [0.15, 0.2) is 6.23 Å². The van der Waals surface area contributed by atoms with Gasteiger partial charge in [-0.05, 0) is 36.1 Å². The molecule has 7 heteroatoms. The summed E-state index contributed by atoms with van der Waals surface area (Å²) < 4.78 is 11.9. The third kappa shape index (κ3) is 3.84. The number of hydrogen-bond acceptors (Lipinski definition) is 7. The Morgan fingerprint density at radius 3 is 2.82 bits per heavy atom. The zero-order valence-corrected chi connectivity index (χ0v) is 16.4. The summed E-state index contributed by atoms with van der Waals surface area (Å²) in [5.41, 5.74) is 6.23. The predicted molar refractivity (Wildman–Crippen MR) is 115 cm³/mol. The molecule has 0 saturated heterocycles. The van der Waals surface area contributed by atoms with Gasteiger partial charge in [0, 0.05) is 16.8 Å². The van der Waals surface area contributed by atoms with E-state index in [-0.39, 0.29) is 12.3 Å². The fraction of sp³-hybridized carbons (Fsp3) is 0.238. The Balaban J connectivity index is 1.66. The number of amidine groups is 1. The number of nitrogens with zero attached hydrogens (tertiary/aromatic N) is 2. The normalized spacial score (nSPS) is 20.0. The van der Waals surface area contributed by atoms with Gasteiger partial charge < -0.3 is 14.8 Å². The molecule has 2 unspecified atom stereocenters. The lowest BCUT2D eigenvalue weighted by Gasteiger charge is -2.23. The van der Waals surface area contributed by atoms with Crippen LogP contribution in [0.5, 0.6) is 5.75 Å². The molecule has 144 valence electrons. The van der Waals surface area contributed by atoms with Crippen molar-refractivity contribution in [2.45, 2.75) is 19.2 Å². The molecule has 2 aliphatic rings. The Labute approximate surface area is 168 Å². The summed E-state index contributed by atoms with van der Waals surface area (Å²) in [6, 6.07) is 15.7. The Kier molecular flexibility index (Phi) is 5.53. The van der Waals surface area contributed by atoms with Crippen LogP contribution in [0.1, 0.15) is 30.3 Å². The fourth-order valence-corrected chi connectivity index (χ4v) is 3.60. The van der Waals surface area contributed by atoms with E-state index in [1.807, 2.05) is 42.5 Å². The second-order valence-corrected chi connectivity index (χ2v) is 7.47. The summed E-state index contributed by atoms with van der Waals surface area (Å²) in [6.45, 7) is 6.22. The molecule has 2 N–H and O–H groups in total. The third-order valence-corrected chi connectivity index (χ3v) is 5.09. The molecule has 0 amide bonds. The lowest BCUT2D eigenvalue weighted by Crippen LogP contribution is -2.31. The van der Waals surface area contributed by atoms with Crippen LogP contribution in [-0.2, 0) is 4.74 Å². The number of hydrazone groups is 1. The minimum atomic E-state index is -0.369. The second kappa shape index (κ2) is 8.39. The predicted octanol–water partition coefficient (Wildman–Crippen LogP) is 4.46. The van der Waals surface area contributed by atoms with Crippen molar-refractivity contribution < 1.29 is 9.47 Å². The van der Waals surface area contributed by atoms with Crippen molar-refractivity contribution >= 4 is 28.5 Å². The Bertz CT molecular complexity index is 911. The highest BCUT2D eigenvalue weighted by molar-refractivity contribution is 8.13. The smallest absolute Gasteiger partial charge is 0.222 e. The van der Waals surface area contributed by atoms with Crippen molar-refractivity contribution in [1.29, 1.82) is 0 Å². The van der Waals surface area contributed by atoms with Crippen molar-refractivity contribution in [3.8, 4) is 5.75 Å². The summed E-state index contributed by atoms with van der Waals surface area (Å²) in [5.74, 6) is 2.30. The molecule has 28 heavy (non-hydrogen) atoms. The van der Waals surface area contributed by atoms with Gasteiger partial charge in [-0.25, -0.2) is 0 Å². The largest absolute Gasteiger partial charge is 0.490 e. The van der Waals surface area contributed by atoms with Crippen LogP contribution in [0.2, 0.25) is 0 Å². The Hall–Kier alpha value is -2.93. The number of fused-ring (bicyclic) bond motifs is 3. The first kappa shape index (κ1) is 18.4. The highest BCUT2D eigenvalue weighted by Gasteiger charge is 2.32. The lowest BCUT2D eigenvalue weighted by molar-refractivity contribution is 0.211. The number of ether oxygens (including phenoxy) is 2. The minimum absolute atomic E-state index is 0.217. The molecule has 0 aliphatic carbocycles. The first-order valence-corrected chi connectivity index (χ1v) is 10.2. The van der Waals surface area contributed by atoms with Crippen molar-refractivity contribution in [3.05, 3.63) is 72.3 Å². The average molecular weight is 395 g/mol. The molecule has 0 fully saturated rings. The Morgan fingerprint density at radius 1 is 1.21 bits per heavy atom. The molecule has 4 rings (SSSR count). The van der Waals surface area contributed by atoms with Gasteiger partial charge in [0.1, 0.15) is 18.4 Å². The topological polar surface area (TPSA) is 67.2 Å². The summed E-state index contributed by atoms with van der Waals surface area (Å²) in [7, 11) is 0. The summed E-state index contributed by atoms with van der Waals surface area (Å²) in [4.78, 5) is 4.66. The van der Waals surface area contributed by atoms with Gasteiger partial charge in [-0.1, -0.05) is 49.5 Å².